The van der Waals surface area contributed by atoms with Gasteiger partial charge in [0.1, 0.15) is 29.7 Å². The minimum absolute atomic E-state index is 0.0274. The molecule has 5 nitrogen and oxygen atoms in total. The average molecular weight is 383 g/mol. The third kappa shape index (κ3) is 3.63. The summed E-state index contributed by atoms with van der Waals surface area (Å²) in [6.45, 7) is 0.00634. The zero-order valence-corrected chi connectivity index (χ0v) is 14.2. The first-order valence-corrected chi connectivity index (χ1v) is 8.64. The predicted octanol–water partition coefficient (Wildman–Crippen LogP) is 2.88. The van der Waals surface area contributed by atoms with Gasteiger partial charge in [-0.2, -0.15) is 13.2 Å². The fraction of sp³-hybridized carbons (Fsp3) is 0.444. The maximum absolute atomic E-state index is 13.4. The largest absolute Gasteiger partial charge is 0.491 e. The molecule has 0 spiro atoms. The summed E-state index contributed by atoms with van der Waals surface area (Å²) in [4.78, 5) is 16.6. The zero-order valence-electron chi connectivity index (χ0n) is 14.2. The number of hydrogen-bond donors (Lipinski definition) is 1. The molecular weight excluding hydrogens is 366 g/mol. The molecule has 0 bridgehead atoms. The van der Waals surface area contributed by atoms with Gasteiger partial charge in [-0.05, 0) is 36.6 Å². The zero-order chi connectivity index (χ0) is 19.2. The summed E-state index contributed by atoms with van der Waals surface area (Å²) in [7, 11) is 0. The summed E-state index contributed by atoms with van der Waals surface area (Å²) in [5.74, 6) is -1.22. The second kappa shape index (κ2) is 6.54. The maximum atomic E-state index is 13.4. The van der Waals surface area contributed by atoms with Gasteiger partial charge in [0.2, 0.25) is 0 Å². The smallest absolute Gasteiger partial charge is 0.393 e. The summed E-state index contributed by atoms with van der Waals surface area (Å²) in [5, 5.41) is 2.76. The van der Waals surface area contributed by atoms with E-state index in [0.29, 0.717) is 23.6 Å². The van der Waals surface area contributed by atoms with Crippen LogP contribution in [0.25, 0.3) is 0 Å². The molecule has 3 heterocycles. The number of alkyl halides is 3. The Labute approximate surface area is 152 Å². The minimum Gasteiger partial charge on any atom is -0.491 e. The van der Waals surface area contributed by atoms with E-state index >= 15 is 0 Å². The van der Waals surface area contributed by atoms with Crippen molar-refractivity contribution in [2.75, 3.05) is 6.61 Å². The topological polar surface area (TPSA) is 56.1 Å². The molecule has 1 aromatic heterocycles. The number of aromatic nitrogens is 2. The van der Waals surface area contributed by atoms with Gasteiger partial charge in [-0.25, -0.2) is 9.37 Å². The number of nitrogens with one attached hydrogen (secondary N) is 1. The molecule has 2 aliphatic rings. The first-order chi connectivity index (χ1) is 12.8. The highest BCUT2D eigenvalue weighted by Crippen LogP contribution is 2.34. The number of aryl methyl sites for hydroxylation is 1. The molecule has 1 amide bonds. The second-order valence-electron chi connectivity index (χ2n) is 6.91. The Bertz CT molecular complexity index is 878. The molecule has 0 saturated heterocycles. The number of benzene rings is 1. The number of fused-ring (bicyclic) bond motifs is 2. The number of ether oxygens (including phenoxy) is 1. The van der Waals surface area contributed by atoms with Gasteiger partial charge in [0.15, 0.2) is 0 Å². The van der Waals surface area contributed by atoms with E-state index in [9.17, 15) is 22.4 Å². The Morgan fingerprint density at radius 1 is 1.33 bits per heavy atom. The van der Waals surface area contributed by atoms with E-state index in [1.54, 1.807) is 6.07 Å². The fourth-order valence-corrected chi connectivity index (χ4v) is 3.54. The molecule has 27 heavy (non-hydrogen) atoms. The van der Waals surface area contributed by atoms with Crippen LogP contribution in [0.1, 0.15) is 28.3 Å². The SMILES string of the molecule is O=C(NC1COc2ccc(F)cc2C1)c1cn2c(n1)CCC(C(F)(F)F)C2. The lowest BCUT2D eigenvalue weighted by Gasteiger charge is -2.25. The molecule has 0 radical (unpaired) electrons. The molecule has 0 fully saturated rings. The minimum atomic E-state index is -4.26. The highest BCUT2D eigenvalue weighted by molar-refractivity contribution is 5.92. The second-order valence-corrected chi connectivity index (χ2v) is 6.91. The monoisotopic (exact) mass is 383 g/mol. The number of hydrogen-bond acceptors (Lipinski definition) is 3. The van der Waals surface area contributed by atoms with Gasteiger partial charge < -0.3 is 14.6 Å². The summed E-state index contributed by atoms with van der Waals surface area (Å²) < 4.78 is 59.0. The predicted molar refractivity (Wildman–Crippen MR) is 86.9 cm³/mol. The van der Waals surface area contributed by atoms with Crippen LogP contribution in [0.3, 0.4) is 0 Å². The van der Waals surface area contributed by atoms with Crippen molar-refractivity contribution < 1.29 is 27.1 Å². The number of imidazole rings is 1. The van der Waals surface area contributed by atoms with Crippen molar-refractivity contribution in [1.29, 1.82) is 0 Å². The summed E-state index contributed by atoms with van der Waals surface area (Å²) in [5.41, 5.74) is 0.738. The van der Waals surface area contributed by atoms with Gasteiger partial charge in [0.05, 0.1) is 12.0 Å². The van der Waals surface area contributed by atoms with E-state index < -0.39 is 18.0 Å². The van der Waals surface area contributed by atoms with E-state index in [1.807, 2.05) is 0 Å². The number of halogens is 4. The number of rotatable bonds is 2. The van der Waals surface area contributed by atoms with E-state index in [0.717, 1.165) is 0 Å². The lowest BCUT2D eigenvalue weighted by Crippen LogP contribution is -2.42. The molecule has 0 aliphatic carbocycles. The molecule has 2 aromatic rings. The highest BCUT2D eigenvalue weighted by Gasteiger charge is 2.41. The van der Waals surface area contributed by atoms with Crippen molar-refractivity contribution in [3.8, 4) is 5.75 Å². The van der Waals surface area contributed by atoms with E-state index in [-0.39, 0.29) is 43.5 Å². The molecule has 9 heteroatoms. The third-order valence-corrected chi connectivity index (χ3v) is 4.95. The van der Waals surface area contributed by atoms with Crippen LogP contribution in [0, 0.1) is 11.7 Å². The van der Waals surface area contributed by atoms with Crippen molar-refractivity contribution in [3.63, 3.8) is 0 Å². The molecule has 4 rings (SSSR count). The molecule has 1 aromatic carbocycles. The number of nitrogens with zero attached hydrogens (tertiary/aromatic N) is 2. The van der Waals surface area contributed by atoms with Gasteiger partial charge >= 0.3 is 6.18 Å². The van der Waals surface area contributed by atoms with Crippen molar-refractivity contribution in [3.05, 3.63) is 47.3 Å². The van der Waals surface area contributed by atoms with Crippen LogP contribution in [0.2, 0.25) is 0 Å². The molecule has 144 valence electrons. The first-order valence-electron chi connectivity index (χ1n) is 8.64. The number of amides is 1. The molecule has 1 N–H and O–H groups in total. The van der Waals surface area contributed by atoms with Crippen molar-refractivity contribution in [2.24, 2.45) is 5.92 Å². The Kier molecular flexibility index (Phi) is 4.32. The number of carbonyl (C=O) groups is 1. The van der Waals surface area contributed by atoms with Crippen molar-refractivity contribution >= 4 is 5.91 Å². The first kappa shape index (κ1) is 17.8. The van der Waals surface area contributed by atoms with Crippen LogP contribution < -0.4 is 10.1 Å². The van der Waals surface area contributed by atoms with E-state index in [4.69, 9.17) is 4.74 Å². The third-order valence-electron chi connectivity index (χ3n) is 4.95. The van der Waals surface area contributed by atoms with Gasteiger partial charge in [0, 0.05) is 19.2 Å². The molecule has 2 aliphatic heterocycles. The summed E-state index contributed by atoms with van der Waals surface area (Å²) in [6.07, 6.45) is -2.34. The Morgan fingerprint density at radius 3 is 2.93 bits per heavy atom. The lowest BCUT2D eigenvalue weighted by molar-refractivity contribution is -0.182. The Balaban J connectivity index is 1.44. The number of carbonyl (C=O) groups excluding carboxylic acids is 1. The van der Waals surface area contributed by atoms with Crippen LogP contribution in [0.5, 0.6) is 5.75 Å². The standard InChI is InChI=1S/C18H17F4N3O2/c19-12-2-3-15-10(5-12)6-13(9-27-15)23-17(26)14-8-25-7-11(18(20,21)22)1-4-16(25)24-14/h2-3,5,8,11,13H,1,4,6-7,9H2,(H,23,26). The maximum Gasteiger partial charge on any atom is 0.393 e. The Morgan fingerprint density at radius 2 is 2.15 bits per heavy atom. The van der Waals surface area contributed by atoms with E-state index in [1.165, 1.54) is 22.9 Å². The summed E-state index contributed by atoms with van der Waals surface area (Å²) >= 11 is 0. The van der Waals surface area contributed by atoms with Crippen LogP contribution in [0.15, 0.2) is 24.4 Å². The molecule has 2 atom stereocenters. The van der Waals surface area contributed by atoms with Crippen LogP contribution >= 0.6 is 0 Å². The van der Waals surface area contributed by atoms with Gasteiger partial charge in [-0.3, -0.25) is 4.79 Å². The van der Waals surface area contributed by atoms with E-state index in [2.05, 4.69) is 10.3 Å². The lowest BCUT2D eigenvalue weighted by atomic mass is 9.99. The van der Waals surface area contributed by atoms with Gasteiger partial charge in [-0.15, -0.1) is 0 Å². The molecule has 0 saturated carbocycles. The normalized spacial score (nSPS) is 21.8. The summed E-state index contributed by atoms with van der Waals surface area (Å²) in [6, 6.07) is 3.85. The van der Waals surface area contributed by atoms with Gasteiger partial charge in [0.25, 0.3) is 5.91 Å². The van der Waals surface area contributed by atoms with Crippen LogP contribution in [0.4, 0.5) is 17.6 Å². The molecular formula is C18H17F4N3O2. The quantitative estimate of drug-likeness (QED) is 0.812. The van der Waals surface area contributed by atoms with Crippen molar-refractivity contribution in [2.45, 2.75) is 38.0 Å². The van der Waals surface area contributed by atoms with Crippen LogP contribution in [-0.2, 0) is 19.4 Å². The fourth-order valence-electron chi connectivity index (χ4n) is 3.54. The highest BCUT2D eigenvalue weighted by atomic mass is 19.4. The van der Waals surface area contributed by atoms with Crippen LogP contribution in [-0.4, -0.2) is 34.3 Å². The van der Waals surface area contributed by atoms with Gasteiger partial charge in [-0.1, -0.05) is 0 Å². The molecule has 2 unspecified atom stereocenters. The van der Waals surface area contributed by atoms with Crippen molar-refractivity contribution in [1.82, 2.24) is 14.9 Å². The average Bonchev–Trinajstić information content (AvgIpc) is 3.04. The Hall–Kier alpha value is -2.58.